The van der Waals surface area contributed by atoms with Gasteiger partial charge in [-0.1, -0.05) is 23.8 Å². The number of ether oxygens (including phenoxy) is 1. The monoisotopic (exact) mass is 564 g/mol. The van der Waals surface area contributed by atoms with Crippen LogP contribution in [0.4, 0.5) is 5.69 Å². The van der Waals surface area contributed by atoms with Crippen molar-refractivity contribution in [2.75, 3.05) is 38.6 Å². The SMILES string of the molecule is Cc1ccc(C(=O)NCCc2ccc(N(C)C)cc2)c(C(=O)N2CCC(Oc3ccc(Br)cn3)CC2)c1. The van der Waals surface area contributed by atoms with Crippen molar-refractivity contribution < 1.29 is 14.3 Å². The molecule has 3 aromatic rings. The minimum absolute atomic E-state index is 0.00444. The largest absolute Gasteiger partial charge is 0.474 e. The van der Waals surface area contributed by atoms with Gasteiger partial charge < -0.3 is 19.9 Å². The van der Waals surface area contributed by atoms with Crippen molar-refractivity contribution in [1.82, 2.24) is 15.2 Å². The molecule has 194 valence electrons. The molecule has 2 heterocycles. The van der Waals surface area contributed by atoms with E-state index in [1.165, 1.54) is 0 Å². The van der Waals surface area contributed by atoms with Gasteiger partial charge in [0.1, 0.15) is 6.10 Å². The molecule has 37 heavy (non-hydrogen) atoms. The zero-order valence-electron chi connectivity index (χ0n) is 21.5. The van der Waals surface area contributed by atoms with Gasteiger partial charge in [-0.2, -0.15) is 0 Å². The Kier molecular flexibility index (Phi) is 8.82. The van der Waals surface area contributed by atoms with Crippen LogP contribution in [0.1, 0.15) is 44.7 Å². The van der Waals surface area contributed by atoms with Crippen LogP contribution in [0.3, 0.4) is 0 Å². The Bertz CT molecular complexity index is 1220. The van der Waals surface area contributed by atoms with E-state index in [-0.39, 0.29) is 17.9 Å². The molecular formula is C29H33BrN4O3. The van der Waals surface area contributed by atoms with E-state index in [4.69, 9.17) is 4.74 Å². The maximum Gasteiger partial charge on any atom is 0.254 e. The van der Waals surface area contributed by atoms with Gasteiger partial charge in [0.05, 0.1) is 11.1 Å². The quantitative estimate of drug-likeness (QED) is 0.422. The molecule has 1 saturated heterocycles. The maximum atomic E-state index is 13.4. The van der Waals surface area contributed by atoms with Gasteiger partial charge in [0.25, 0.3) is 11.8 Å². The number of hydrogen-bond donors (Lipinski definition) is 1. The number of carbonyl (C=O) groups is 2. The Morgan fingerprint density at radius 3 is 2.43 bits per heavy atom. The number of pyridine rings is 1. The fourth-order valence-corrected chi connectivity index (χ4v) is 4.59. The van der Waals surface area contributed by atoms with Crippen molar-refractivity contribution in [1.29, 1.82) is 0 Å². The Morgan fingerprint density at radius 1 is 1.05 bits per heavy atom. The summed E-state index contributed by atoms with van der Waals surface area (Å²) in [5.74, 6) is 0.236. The Labute approximate surface area is 227 Å². The highest BCUT2D eigenvalue weighted by atomic mass is 79.9. The van der Waals surface area contributed by atoms with Crippen LogP contribution in [-0.4, -0.2) is 61.5 Å². The first-order valence-electron chi connectivity index (χ1n) is 12.5. The molecule has 1 fully saturated rings. The molecule has 0 bridgehead atoms. The number of aryl methyl sites for hydroxylation is 1. The summed E-state index contributed by atoms with van der Waals surface area (Å²) in [6.45, 7) is 3.56. The molecule has 1 N–H and O–H groups in total. The normalized spacial score (nSPS) is 13.8. The third kappa shape index (κ3) is 7.10. The lowest BCUT2D eigenvalue weighted by atomic mass is 10.0. The molecule has 0 aliphatic carbocycles. The van der Waals surface area contributed by atoms with Crippen LogP contribution < -0.4 is 15.0 Å². The number of piperidine rings is 1. The highest BCUT2D eigenvalue weighted by Gasteiger charge is 2.27. The van der Waals surface area contributed by atoms with E-state index in [2.05, 4.69) is 55.4 Å². The number of benzene rings is 2. The number of rotatable bonds is 8. The van der Waals surface area contributed by atoms with Crippen LogP contribution in [-0.2, 0) is 6.42 Å². The molecule has 7 nitrogen and oxygen atoms in total. The van der Waals surface area contributed by atoms with Gasteiger partial charge >= 0.3 is 0 Å². The number of hydrogen-bond acceptors (Lipinski definition) is 5. The first-order chi connectivity index (χ1) is 17.8. The lowest BCUT2D eigenvalue weighted by molar-refractivity contribution is 0.0584. The van der Waals surface area contributed by atoms with Crippen LogP contribution in [0.2, 0.25) is 0 Å². The number of halogens is 1. The maximum absolute atomic E-state index is 13.4. The summed E-state index contributed by atoms with van der Waals surface area (Å²) < 4.78 is 6.89. The van der Waals surface area contributed by atoms with E-state index in [9.17, 15) is 9.59 Å². The predicted octanol–water partition coefficient (Wildman–Crippen LogP) is 4.87. The van der Waals surface area contributed by atoms with Crippen molar-refractivity contribution in [3.63, 3.8) is 0 Å². The number of carbonyl (C=O) groups excluding carboxylic acids is 2. The molecule has 8 heteroatoms. The summed E-state index contributed by atoms with van der Waals surface area (Å²) in [6, 6.07) is 17.4. The second-order valence-corrected chi connectivity index (χ2v) is 10.5. The van der Waals surface area contributed by atoms with Crippen LogP contribution in [0.5, 0.6) is 5.88 Å². The minimum atomic E-state index is -0.229. The fraction of sp³-hybridized carbons (Fsp3) is 0.345. The van der Waals surface area contributed by atoms with Crippen LogP contribution in [0, 0.1) is 6.92 Å². The molecule has 1 aromatic heterocycles. The zero-order valence-corrected chi connectivity index (χ0v) is 23.1. The standard InChI is InChI=1S/C29H33BrN4O3/c1-20-4-10-25(28(35)31-15-12-21-5-8-23(9-6-21)33(2)3)26(18-20)29(36)34-16-13-24(14-17-34)37-27-11-7-22(30)19-32-27/h4-11,18-19,24H,12-17H2,1-3H3,(H,31,35). The molecule has 2 aromatic carbocycles. The van der Waals surface area contributed by atoms with Gasteiger partial charge in [0, 0.05) is 69.0 Å². The van der Waals surface area contributed by atoms with E-state index in [0.717, 1.165) is 27.7 Å². The first-order valence-corrected chi connectivity index (χ1v) is 13.3. The smallest absolute Gasteiger partial charge is 0.254 e. The topological polar surface area (TPSA) is 74.8 Å². The van der Waals surface area contributed by atoms with Gasteiger partial charge in [-0.3, -0.25) is 9.59 Å². The number of nitrogens with zero attached hydrogens (tertiary/aromatic N) is 3. The second kappa shape index (κ2) is 12.2. The van der Waals surface area contributed by atoms with E-state index in [1.807, 2.05) is 50.2 Å². The number of likely N-dealkylation sites (tertiary alicyclic amines) is 1. The van der Waals surface area contributed by atoms with E-state index >= 15 is 0 Å². The average Bonchev–Trinajstić information content (AvgIpc) is 2.90. The molecule has 2 amide bonds. The highest BCUT2D eigenvalue weighted by molar-refractivity contribution is 9.10. The van der Waals surface area contributed by atoms with Crippen molar-refractivity contribution >= 4 is 33.4 Å². The van der Waals surface area contributed by atoms with E-state index in [1.54, 1.807) is 12.3 Å². The predicted molar refractivity (Wildman–Crippen MR) is 149 cm³/mol. The molecule has 1 aliphatic rings. The highest BCUT2D eigenvalue weighted by Crippen LogP contribution is 2.22. The van der Waals surface area contributed by atoms with Gasteiger partial charge in [0.2, 0.25) is 5.88 Å². The molecule has 0 unspecified atom stereocenters. The number of aromatic nitrogens is 1. The van der Waals surface area contributed by atoms with Gasteiger partial charge in [-0.25, -0.2) is 4.98 Å². The summed E-state index contributed by atoms with van der Waals surface area (Å²) in [5, 5.41) is 2.99. The number of nitrogens with one attached hydrogen (secondary N) is 1. The Balaban J connectivity index is 1.34. The van der Waals surface area contributed by atoms with Crippen LogP contribution >= 0.6 is 15.9 Å². The van der Waals surface area contributed by atoms with E-state index < -0.39 is 0 Å². The third-order valence-electron chi connectivity index (χ3n) is 6.52. The van der Waals surface area contributed by atoms with Crippen molar-refractivity contribution in [2.45, 2.75) is 32.3 Å². The molecule has 0 radical (unpaired) electrons. The molecule has 4 rings (SSSR count). The first kappa shape index (κ1) is 26.7. The van der Waals surface area contributed by atoms with Crippen LogP contribution in [0.25, 0.3) is 0 Å². The minimum Gasteiger partial charge on any atom is -0.474 e. The lowest BCUT2D eigenvalue weighted by Gasteiger charge is -2.32. The summed E-state index contributed by atoms with van der Waals surface area (Å²) in [4.78, 5) is 34.6. The Morgan fingerprint density at radius 2 is 1.78 bits per heavy atom. The average molecular weight is 566 g/mol. The molecule has 0 atom stereocenters. The van der Waals surface area contributed by atoms with Crippen molar-refractivity contribution in [2.24, 2.45) is 0 Å². The summed E-state index contributed by atoms with van der Waals surface area (Å²) in [5.41, 5.74) is 4.09. The summed E-state index contributed by atoms with van der Waals surface area (Å²) in [7, 11) is 4.01. The van der Waals surface area contributed by atoms with Crippen molar-refractivity contribution in [3.05, 3.63) is 87.5 Å². The molecular weight excluding hydrogens is 532 g/mol. The molecule has 1 aliphatic heterocycles. The number of anilines is 1. The van der Waals surface area contributed by atoms with Gasteiger partial charge in [0.15, 0.2) is 0 Å². The molecule has 0 saturated carbocycles. The summed E-state index contributed by atoms with van der Waals surface area (Å²) >= 11 is 3.38. The zero-order chi connectivity index (χ0) is 26.4. The van der Waals surface area contributed by atoms with Crippen LogP contribution in [0.15, 0.2) is 65.3 Å². The fourth-order valence-electron chi connectivity index (χ4n) is 4.36. The summed E-state index contributed by atoms with van der Waals surface area (Å²) in [6.07, 6.45) is 3.85. The van der Waals surface area contributed by atoms with Gasteiger partial charge in [-0.15, -0.1) is 0 Å². The molecule has 0 spiro atoms. The van der Waals surface area contributed by atoms with Gasteiger partial charge in [-0.05, 0) is 65.2 Å². The number of amides is 2. The second-order valence-electron chi connectivity index (χ2n) is 9.54. The lowest BCUT2D eigenvalue weighted by Crippen LogP contribution is -2.42. The third-order valence-corrected chi connectivity index (χ3v) is 6.99. The Hall–Kier alpha value is -3.39. The van der Waals surface area contributed by atoms with E-state index in [0.29, 0.717) is 49.5 Å². The van der Waals surface area contributed by atoms with Crippen molar-refractivity contribution in [3.8, 4) is 5.88 Å².